The maximum absolute atomic E-state index is 14.9. The maximum atomic E-state index is 14.9. The number of amides is 2. The van der Waals surface area contributed by atoms with E-state index in [1.165, 1.54) is 6.08 Å². The number of nitrogens with zero attached hydrogens (tertiary/aromatic N) is 3. The predicted octanol–water partition coefficient (Wildman–Crippen LogP) is 2.56. The first-order valence-electron chi connectivity index (χ1n) is 11.7. The third kappa shape index (κ3) is 5.71. The van der Waals surface area contributed by atoms with Crippen LogP contribution in [0.2, 0.25) is 0 Å². The van der Waals surface area contributed by atoms with E-state index in [4.69, 9.17) is 10.5 Å². The zero-order valence-corrected chi connectivity index (χ0v) is 20.0. The molecule has 1 aromatic heterocycles. The average Bonchev–Trinajstić information content (AvgIpc) is 3.27. The smallest absolute Gasteiger partial charge is 0.252 e. The van der Waals surface area contributed by atoms with Gasteiger partial charge < -0.3 is 30.9 Å². The number of morpholine rings is 1. The molecule has 35 heavy (non-hydrogen) atoms. The Balaban J connectivity index is 1.53. The highest BCUT2D eigenvalue weighted by atomic mass is 19.1. The van der Waals surface area contributed by atoms with Gasteiger partial charge in [0.25, 0.3) is 5.91 Å². The Morgan fingerprint density at radius 2 is 1.86 bits per heavy atom. The average molecular weight is 483 g/mol. The molecule has 4 N–H and O–H groups in total. The fraction of sp³-hybridized carbons (Fsp3) is 0.400. The first-order valence-corrected chi connectivity index (χ1v) is 11.7. The number of carbonyl (C=O) groups is 2. The van der Waals surface area contributed by atoms with Crippen molar-refractivity contribution in [1.29, 1.82) is 0 Å². The van der Waals surface area contributed by atoms with Crippen LogP contribution in [0.15, 0.2) is 43.0 Å². The van der Waals surface area contributed by atoms with Gasteiger partial charge in [-0.25, -0.2) is 9.37 Å². The van der Waals surface area contributed by atoms with Crippen LogP contribution in [0.1, 0.15) is 30.6 Å². The van der Waals surface area contributed by atoms with E-state index in [2.05, 4.69) is 40.9 Å². The summed E-state index contributed by atoms with van der Waals surface area (Å²) in [5.74, 6) is -1.43. The van der Waals surface area contributed by atoms with Crippen molar-refractivity contribution < 1.29 is 18.7 Å². The van der Waals surface area contributed by atoms with Crippen molar-refractivity contribution in [2.75, 3.05) is 41.3 Å². The minimum absolute atomic E-state index is 0.0399. The number of anilines is 4. The molecule has 3 atom stereocenters. The second-order valence-electron chi connectivity index (χ2n) is 9.03. The third-order valence-electron chi connectivity index (χ3n) is 6.16. The SMILES string of the molecule is C=CC(=O)N[C@H]1CCN(c2nc(Nc3ccc(N4CC(C)OC(C)C4)cc3)c(C(N)=O)cc2F)C1. The highest BCUT2D eigenvalue weighted by Gasteiger charge is 2.28. The van der Waals surface area contributed by atoms with Crippen molar-refractivity contribution >= 4 is 34.8 Å². The number of benzene rings is 1. The van der Waals surface area contributed by atoms with Gasteiger partial charge in [0.2, 0.25) is 5.91 Å². The quantitative estimate of drug-likeness (QED) is 0.520. The van der Waals surface area contributed by atoms with Gasteiger partial charge in [-0.15, -0.1) is 0 Å². The van der Waals surface area contributed by atoms with Crippen molar-refractivity contribution in [1.82, 2.24) is 10.3 Å². The van der Waals surface area contributed by atoms with E-state index in [1.807, 2.05) is 24.3 Å². The standard InChI is InChI=1S/C25H31FN6O3/c1-4-22(33)28-18-9-10-31(14-18)25-21(26)11-20(23(27)34)24(30-25)29-17-5-7-19(8-6-17)32-12-15(2)35-16(3)13-32/h4-8,11,15-16,18H,1,9-10,12-14H2,2-3H3,(H2,27,34)(H,28,33)(H,29,30)/t15?,16?,18-/m0/s1. The number of hydrogen-bond acceptors (Lipinski definition) is 7. The van der Waals surface area contributed by atoms with Crippen LogP contribution in [0.3, 0.4) is 0 Å². The Morgan fingerprint density at radius 1 is 1.17 bits per heavy atom. The number of hydrogen-bond donors (Lipinski definition) is 3. The molecule has 3 heterocycles. The van der Waals surface area contributed by atoms with E-state index in [-0.39, 0.29) is 41.4 Å². The Morgan fingerprint density at radius 3 is 2.49 bits per heavy atom. The molecule has 2 aromatic rings. The molecule has 0 bridgehead atoms. The summed E-state index contributed by atoms with van der Waals surface area (Å²) < 4.78 is 20.7. The van der Waals surface area contributed by atoms with Gasteiger partial charge in [-0.1, -0.05) is 6.58 Å². The Kier molecular flexibility index (Phi) is 7.20. The van der Waals surface area contributed by atoms with Crippen LogP contribution in [-0.4, -0.2) is 61.2 Å². The second-order valence-corrected chi connectivity index (χ2v) is 9.03. The second kappa shape index (κ2) is 10.3. The van der Waals surface area contributed by atoms with Crippen LogP contribution in [-0.2, 0) is 9.53 Å². The summed E-state index contributed by atoms with van der Waals surface area (Å²) in [6.07, 6.45) is 2.14. The van der Waals surface area contributed by atoms with Gasteiger partial charge in [0.15, 0.2) is 11.6 Å². The minimum Gasteiger partial charge on any atom is -0.372 e. The number of aromatic nitrogens is 1. The normalized spacial score (nSPS) is 22.1. The van der Waals surface area contributed by atoms with E-state index < -0.39 is 11.7 Å². The van der Waals surface area contributed by atoms with Crippen molar-refractivity contribution in [2.45, 2.75) is 38.5 Å². The number of nitrogens with two attached hydrogens (primary N) is 1. The molecule has 186 valence electrons. The maximum Gasteiger partial charge on any atom is 0.252 e. The molecule has 2 saturated heterocycles. The Bertz CT molecular complexity index is 1100. The number of rotatable bonds is 7. The van der Waals surface area contributed by atoms with E-state index >= 15 is 0 Å². The number of nitrogens with one attached hydrogen (secondary N) is 2. The van der Waals surface area contributed by atoms with Gasteiger partial charge in [-0.2, -0.15) is 0 Å². The summed E-state index contributed by atoms with van der Waals surface area (Å²) in [5.41, 5.74) is 7.21. The Labute approximate surface area is 204 Å². The molecule has 0 aliphatic carbocycles. The van der Waals surface area contributed by atoms with E-state index in [9.17, 15) is 14.0 Å². The van der Waals surface area contributed by atoms with Crippen LogP contribution in [0.4, 0.5) is 27.4 Å². The van der Waals surface area contributed by atoms with Gasteiger partial charge in [0.05, 0.1) is 17.8 Å². The van der Waals surface area contributed by atoms with Crippen molar-refractivity contribution in [2.24, 2.45) is 5.73 Å². The predicted molar refractivity (Wildman–Crippen MR) is 134 cm³/mol. The summed E-state index contributed by atoms with van der Waals surface area (Å²) in [5, 5.41) is 5.93. The summed E-state index contributed by atoms with van der Waals surface area (Å²) in [6, 6.07) is 8.68. The molecule has 4 rings (SSSR count). The van der Waals surface area contributed by atoms with E-state index in [1.54, 1.807) is 4.90 Å². The van der Waals surface area contributed by atoms with Gasteiger partial charge in [0.1, 0.15) is 5.82 Å². The molecular formula is C25H31FN6O3. The Hall–Kier alpha value is -3.66. The minimum atomic E-state index is -0.782. The summed E-state index contributed by atoms with van der Waals surface area (Å²) in [6.45, 7) is 10.1. The fourth-order valence-electron chi connectivity index (χ4n) is 4.60. The summed E-state index contributed by atoms with van der Waals surface area (Å²) in [7, 11) is 0. The molecule has 2 fully saturated rings. The third-order valence-corrected chi connectivity index (χ3v) is 6.16. The molecule has 1 aromatic carbocycles. The van der Waals surface area contributed by atoms with Crippen LogP contribution >= 0.6 is 0 Å². The fourth-order valence-corrected chi connectivity index (χ4v) is 4.60. The molecular weight excluding hydrogens is 451 g/mol. The lowest BCUT2D eigenvalue weighted by molar-refractivity contribution is -0.117. The van der Waals surface area contributed by atoms with E-state index in [0.717, 1.165) is 24.8 Å². The molecule has 10 heteroatoms. The van der Waals surface area contributed by atoms with Crippen molar-refractivity contribution in [3.63, 3.8) is 0 Å². The first kappa shape index (κ1) is 24.5. The van der Waals surface area contributed by atoms with Crippen LogP contribution in [0, 0.1) is 5.82 Å². The molecule has 0 saturated carbocycles. The monoisotopic (exact) mass is 482 g/mol. The lowest BCUT2D eigenvalue weighted by Crippen LogP contribution is -2.45. The number of halogens is 1. The van der Waals surface area contributed by atoms with E-state index in [0.29, 0.717) is 25.2 Å². The molecule has 0 radical (unpaired) electrons. The van der Waals surface area contributed by atoms with Crippen LogP contribution in [0.5, 0.6) is 0 Å². The number of carbonyl (C=O) groups excluding carboxylic acids is 2. The number of pyridine rings is 1. The summed E-state index contributed by atoms with van der Waals surface area (Å²) >= 11 is 0. The summed E-state index contributed by atoms with van der Waals surface area (Å²) in [4.78, 5) is 32.0. The lowest BCUT2D eigenvalue weighted by atomic mass is 10.2. The van der Waals surface area contributed by atoms with Crippen LogP contribution in [0.25, 0.3) is 0 Å². The molecule has 2 aliphatic heterocycles. The van der Waals surface area contributed by atoms with Gasteiger partial charge >= 0.3 is 0 Å². The van der Waals surface area contributed by atoms with Crippen molar-refractivity contribution in [3.05, 3.63) is 54.4 Å². The van der Waals surface area contributed by atoms with Crippen LogP contribution < -0.4 is 26.2 Å². The largest absolute Gasteiger partial charge is 0.372 e. The van der Waals surface area contributed by atoms with Gasteiger partial charge in [-0.05, 0) is 56.7 Å². The topological polar surface area (TPSA) is 113 Å². The van der Waals surface area contributed by atoms with Gasteiger partial charge in [-0.3, -0.25) is 9.59 Å². The first-order chi connectivity index (χ1) is 16.7. The number of primary amides is 1. The highest BCUT2D eigenvalue weighted by Crippen LogP contribution is 2.29. The molecule has 2 aliphatic rings. The molecule has 9 nitrogen and oxygen atoms in total. The molecule has 0 spiro atoms. The lowest BCUT2D eigenvalue weighted by Gasteiger charge is -2.36. The molecule has 2 unspecified atom stereocenters. The zero-order chi connectivity index (χ0) is 25.1. The number of ether oxygens (including phenoxy) is 1. The zero-order valence-electron chi connectivity index (χ0n) is 20.0. The highest BCUT2D eigenvalue weighted by molar-refractivity contribution is 5.98. The van der Waals surface area contributed by atoms with Crippen molar-refractivity contribution in [3.8, 4) is 0 Å². The molecule has 2 amide bonds. The van der Waals surface area contributed by atoms with Gasteiger partial charge in [0, 0.05) is 43.6 Å².